The lowest BCUT2D eigenvalue weighted by molar-refractivity contribution is -0.137. The van der Waals surface area contributed by atoms with Crippen LogP contribution in [0.2, 0.25) is 0 Å². The minimum absolute atomic E-state index is 0.0698. The maximum absolute atomic E-state index is 10.7. The standard InChI is InChI=1S/C10H16N2O3/c1-7-9(5-12(2)11-7)8(6-15-3)4-10(13)14/h5,8H,4,6H2,1-3H3,(H,13,14). The van der Waals surface area contributed by atoms with Crippen LogP contribution in [0.1, 0.15) is 23.6 Å². The lowest BCUT2D eigenvalue weighted by Crippen LogP contribution is -2.12. The molecular formula is C10H16N2O3. The van der Waals surface area contributed by atoms with Gasteiger partial charge in [0.25, 0.3) is 0 Å². The lowest BCUT2D eigenvalue weighted by atomic mass is 9.97. The zero-order valence-electron chi connectivity index (χ0n) is 9.23. The van der Waals surface area contributed by atoms with Crippen LogP contribution < -0.4 is 0 Å². The second kappa shape index (κ2) is 4.93. The highest BCUT2D eigenvalue weighted by atomic mass is 16.5. The molecule has 15 heavy (non-hydrogen) atoms. The van der Waals surface area contributed by atoms with Crippen molar-refractivity contribution < 1.29 is 14.6 Å². The maximum Gasteiger partial charge on any atom is 0.304 e. The molecule has 1 atom stereocenters. The number of aliphatic carboxylic acids is 1. The summed E-state index contributed by atoms with van der Waals surface area (Å²) in [6, 6.07) is 0. The fraction of sp³-hybridized carbons (Fsp3) is 0.600. The largest absolute Gasteiger partial charge is 0.481 e. The molecule has 0 fully saturated rings. The van der Waals surface area contributed by atoms with Crippen molar-refractivity contribution in [1.29, 1.82) is 0 Å². The average Bonchev–Trinajstić information content (AvgIpc) is 2.44. The van der Waals surface area contributed by atoms with E-state index in [1.54, 1.807) is 11.8 Å². The molecular weight excluding hydrogens is 196 g/mol. The second-order valence-corrected chi connectivity index (χ2v) is 3.59. The van der Waals surface area contributed by atoms with E-state index in [9.17, 15) is 4.79 Å². The van der Waals surface area contributed by atoms with Crippen molar-refractivity contribution in [3.8, 4) is 0 Å². The molecule has 0 saturated heterocycles. The van der Waals surface area contributed by atoms with Gasteiger partial charge in [-0.1, -0.05) is 0 Å². The number of methoxy groups -OCH3 is 1. The predicted molar refractivity (Wildman–Crippen MR) is 54.8 cm³/mol. The van der Waals surface area contributed by atoms with Crippen LogP contribution in [0, 0.1) is 6.92 Å². The van der Waals surface area contributed by atoms with Gasteiger partial charge in [0.2, 0.25) is 0 Å². The monoisotopic (exact) mass is 212 g/mol. The first-order chi connectivity index (χ1) is 7.04. The molecule has 0 bridgehead atoms. The molecule has 0 spiro atoms. The normalized spacial score (nSPS) is 12.7. The first kappa shape index (κ1) is 11.7. The van der Waals surface area contributed by atoms with E-state index in [-0.39, 0.29) is 12.3 Å². The lowest BCUT2D eigenvalue weighted by Gasteiger charge is -2.12. The summed E-state index contributed by atoms with van der Waals surface area (Å²) >= 11 is 0. The highest BCUT2D eigenvalue weighted by molar-refractivity contribution is 5.68. The Labute approximate surface area is 88.7 Å². The van der Waals surface area contributed by atoms with Crippen LogP contribution >= 0.6 is 0 Å². The Balaban J connectivity index is 2.87. The molecule has 0 aliphatic heterocycles. The van der Waals surface area contributed by atoms with Gasteiger partial charge in [0.1, 0.15) is 0 Å². The van der Waals surface area contributed by atoms with Gasteiger partial charge in [0.05, 0.1) is 18.7 Å². The zero-order valence-corrected chi connectivity index (χ0v) is 9.23. The quantitative estimate of drug-likeness (QED) is 0.788. The summed E-state index contributed by atoms with van der Waals surface area (Å²) in [5, 5.41) is 13.0. The summed E-state index contributed by atoms with van der Waals surface area (Å²) in [6.07, 6.45) is 1.92. The highest BCUT2D eigenvalue weighted by Gasteiger charge is 2.19. The first-order valence-electron chi connectivity index (χ1n) is 4.75. The number of aromatic nitrogens is 2. The van der Waals surface area contributed by atoms with Gasteiger partial charge in [0.15, 0.2) is 0 Å². The Morgan fingerprint density at radius 1 is 1.73 bits per heavy atom. The van der Waals surface area contributed by atoms with E-state index < -0.39 is 5.97 Å². The minimum Gasteiger partial charge on any atom is -0.481 e. The van der Waals surface area contributed by atoms with Crippen molar-refractivity contribution in [2.45, 2.75) is 19.3 Å². The van der Waals surface area contributed by atoms with E-state index in [2.05, 4.69) is 5.10 Å². The van der Waals surface area contributed by atoms with Crippen LogP contribution in [0.15, 0.2) is 6.20 Å². The summed E-state index contributed by atoms with van der Waals surface area (Å²) in [5.74, 6) is -0.943. The van der Waals surface area contributed by atoms with Crippen molar-refractivity contribution >= 4 is 5.97 Å². The van der Waals surface area contributed by atoms with E-state index in [4.69, 9.17) is 9.84 Å². The molecule has 0 aromatic carbocycles. The number of hydrogen-bond donors (Lipinski definition) is 1. The van der Waals surface area contributed by atoms with Crippen molar-refractivity contribution in [1.82, 2.24) is 9.78 Å². The van der Waals surface area contributed by atoms with Gasteiger partial charge < -0.3 is 9.84 Å². The Bertz CT molecular complexity index is 346. The third-order valence-electron chi connectivity index (χ3n) is 2.28. The van der Waals surface area contributed by atoms with E-state index in [0.717, 1.165) is 11.3 Å². The molecule has 1 aromatic rings. The molecule has 1 unspecified atom stereocenters. The molecule has 0 saturated carbocycles. The fourth-order valence-corrected chi connectivity index (χ4v) is 1.69. The number of carbonyl (C=O) groups is 1. The number of carboxylic acids is 1. The molecule has 0 aliphatic rings. The van der Waals surface area contributed by atoms with Crippen molar-refractivity contribution in [2.24, 2.45) is 7.05 Å². The van der Waals surface area contributed by atoms with Gasteiger partial charge in [-0.2, -0.15) is 5.10 Å². The van der Waals surface area contributed by atoms with Crippen LogP contribution in [0.5, 0.6) is 0 Å². The fourth-order valence-electron chi connectivity index (χ4n) is 1.69. The predicted octanol–water partition coefficient (Wildman–Crippen LogP) is 0.933. The minimum atomic E-state index is -0.819. The molecule has 84 valence electrons. The zero-order chi connectivity index (χ0) is 11.4. The molecule has 5 heteroatoms. The van der Waals surface area contributed by atoms with Crippen LogP contribution in [0.25, 0.3) is 0 Å². The molecule has 1 aromatic heterocycles. The summed E-state index contributed by atoms with van der Waals surface area (Å²) in [7, 11) is 3.39. The summed E-state index contributed by atoms with van der Waals surface area (Å²) in [4.78, 5) is 10.7. The Kier molecular flexibility index (Phi) is 3.85. The number of aryl methyl sites for hydroxylation is 2. The van der Waals surface area contributed by atoms with Crippen molar-refractivity contribution in [3.63, 3.8) is 0 Å². The van der Waals surface area contributed by atoms with Gasteiger partial charge in [-0.25, -0.2) is 0 Å². The molecule has 0 aliphatic carbocycles. The molecule has 1 N–H and O–H groups in total. The van der Waals surface area contributed by atoms with Gasteiger partial charge in [-0.15, -0.1) is 0 Å². The number of nitrogens with zero attached hydrogens (tertiary/aromatic N) is 2. The van der Waals surface area contributed by atoms with Crippen LogP contribution in [0.3, 0.4) is 0 Å². The molecule has 5 nitrogen and oxygen atoms in total. The summed E-state index contributed by atoms with van der Waals surface area (Å²) in [5.41, 5.74) is 1.81. The van der Waals surface area contributed by atoms with E-state index in [0.29, 0.717) is 6.61 Å². The second-order valence-electron chi connectivity index (χ2n) is 3.59. The molecule has 0 amide bonds. The third-order valence-corrected chi connectivity index (χ3v) is 2.28. The Hall–Kier alpha value is -1.36. The summed E-state index contributed by atoms with van der Waals surface area (Å²) in [6.45, 7) is 2.28. The molecule has 1 rings (SSSR count). The van der Waals surface area contributed by atoms with E-state index >= 15 is 0 Å². The smallest absolute Gasteiger partial charge is 0.304 e. The van der Waals surface area contributed by atoms with Crippen molar-refractivity contribution in [3.05, 3.63) is 17.5 Å². The topological polar surface area (TPSA) is 64.3 Å². The van der Waals surface area contributed by atoms with Crippen LogP contribution in [0.4, 0.5) is 0 Å². The first-order valence-corrected chi connectivity index (χ1v) is 4.75. The Morgan fingerprint density at radius 3 is 2.80 bits per heavy atom. The number of hydrogen-bond acceptors (Lipinski definition) is 3. The summed E-state index contributed by atoms with van der Waals surface area (Å²) < 4.78 is 6.71. The third kappa shape index (κ3) is 3.06. The number of carboxylic acid groups (broad SMARTS) is 1. The number of rotatable bonds is 5. The van der Waals surface area contributed by atoms with E-state index in [1.165, 1.54) is 0 Å². The average molecular weight is 212 g/mol. The number of ether oxygens (including phenoxy) is 1. The van der Waals surface area contributed by atoms with Gasteiger partial charge in [-0.3, -0.25) is 9.48 Å². The molecule has 1 heterocycles. The Morgan fingerprint density at radius 2 is 2.40 bits per heavy atom. The van der Waals surface area contributed by atoms with E-state index in [1.807, 2.05) is 20.2 Å². The van der Waals surface area contributed by atoms with Crippen LogP contribution in [-0.2, 0) is 16.6 Å². The highest BCUT2D eigenvalue weighted by Crippen LogP contribution is 2.22. The van der Waals surface area contributed by atoms with Crippen LogP contribution in [-0.4, -0.2) is 34.6 Å². The van der Waals surface area contributed by atoms with Gasteiger partial charge in [-0.05, 0) is 12.5 Å². The maximum atomic E-state index is 10.7. The van der Waals surface area contributed by atoms with Crippen molar-refractivity contribution in [2.75, 3.05) is 13.7 Å². The van der Waals surface area contributed by atoms with Gasteiger partial charge >= 0.3 is 5.97 Å². The molecule has 0 radical (unpaired) electrons. The SMILES string of the molecule is COCC(CC(=O)O)c1cn(C)nc1C. The van der Waals surface area contributed by atoms with Gasteiger partial charge in [0, 0.05) is 26.3 Å².